The Morgan fingerprint density at radius 2 is 1.88 bits per heavy atom. The molecule has 178 valence electrons. The number of hydrogen-bond donors (Lipinski definition) is 1. The van der Waals surface area contributed by atoms with Crippen molar-refractivity contribution in [1.82, 2.24) is 19.9 Å². The van der Waals surface area contributed by atoms with Crippen LogP contribution in [-0.4, -0.2) is 63.6 Å². The number of carbonyl (C=O) groups excluding carboxylic acids is 2. The summed E-state index contributed by atoms with van der Waals surface area (Å²) >= 11 is 1.47. The van der Waals surface area contributed by atoms with E-state index in [2.05, 4.69) is 25.2 Å². The Morgan fingerprint density at radius 1 is 1.09 bits per heavy atom. The molecule has 4 rings (SSSR count). The maximum atomic E-state index is 12.5. The summed E-state index contributed by atoms with van der Waals surface area (Å²) in [6.07, 6.45) is 3.34. The van der Waals surface area contributed by atoms with Gasteiger partial charge in [0.2, 0.25) is 5.91 Å². The Kier molecular flexibility index (Phi) is 7.06. The van der Waals surface area contributed by atoms with Gasteiger partial charge in [0, 0.05) is 37.8 Å². The summed E-state index contributed by atoms with van der Waals surface area (Å²) in [6.45, 7) is 8.14. The summed E-state index contributed by atoms with van der Waals surface area (Å²) in [5.41, 5.74) is 1.94. The molecule has 0 aromatic carbocycles. The number of nitrogens with one attached hydrogen (secondary N) is 1. The first-order chi connectivity index (χ1) is 16.3. The molecular formula is C24H28N6O3S. The van der Waals surface area contributed by atoms with Gasteiger partial charge in [-0.25, -0.2) is 14.8 Å². The van der Waals surface area contributed by atoms with Crippen molar-refractivity contribution in [2.24, 2.45) is 0 Å². The highest BCUT2D eigenvalue weighted by Gasteiger charge is 2.26. The molecule has 2 amide bonds. The minimum Gasteiger partial charge on any atom is -0.444 e. The van der Waals surface area contributed by atoms with Gasteiger partial charge in [0.25, 0.3) is 0 Å². The van der Waals surface area contributed by atoms with Crippen LogP contribution in [0.25, 0.3) is 10.7 Å². The Hall–Kier alpha value is -3.53. The highest BCUT2D eigenvalue weighted by molar-refractivity contribution is 7.13. The second-order valence-electron chi connectivity index (χ2n) is 8.94. The predicted octanol–water partition coefficient (Wildman–Crippen LogP) is 3.84. The molecule has 0 atom stereocenters. The van der Waals surface area contributed by atoms with Crippen LogP contribution in [0.4, 0.5) is 16.3 Å². The van der Waals surface area contributed by atoms with E-state index in [9.17, 15) is 9.59 Å². The maximum absolute atomic E-state index is 12.5. The van der Waals surface area contributed by atoms with Crippen LogP contribution in [0.3, 0.4) is 0 Å². The molecule has 1 N–H and O–H groups in total. The van der Waals surface area contributed by atoms with Gasteiger partial charge in [0.1, 0.15) is 16.4 Å². The van der Waals surface area contributed by atoms with Crippen LogP contribution in [0.15, 0.2) is 48.1 Å². The van der Waals surface area contributed by atoms with E-state index in [1.165, 1.54) is 11.3 Å². The van der Waals surface area contributed by atoms with E-state index in [1.807, 2.05) is 50.4 Å². The second-order valence-corrected chi connectivity index (χ2v) is 9.80. The molecule has 34 heavy (non-hydrogen) atoms. The van der Waals surface area contributed by atoms with Crippen molar-refractivity contribution in [2.75, 3.05) is 36.4 Å². The smallest absolute Gasteiger partial charge is 0.410 e. The molecule has 0 radical (unpaired) electrons. The van der Waals surface area contributed by atoms with Crippen LogP contribution >= 0.6 is 11.3 Å². The minimum atomic E-state index is -0.501. The first-order valence-corrected chi connectivity index (χ1v) is 12.0. The number of carbonyl (C=O) groups is 2. The van der Waals surface area contributed by atoms with Gasteiger partial charge in [0.05, 0.1) is 29.7 Å². The lowest BCUT2D eigenvalue weighted by Gasteiger charge is -2.36. The Bertz CT molecular complexity index is 1120. The molecule has 0 bridgehead atoms. The van der Waals surface area contributed by atoms with Gasteiger partial charge in [-0.3, -0.25) is 9.78 Å². The van der Waals surface area contributed by atoms with Crippen molar-refractivity contribution >= 4 is 34.8 Å². The van der Waals surface area contributed by atoms with E-state index >= 15 is 0 Å². The summed E-state index contributed by atoms with van der Waals surface area (Å²) in [7, 11) is 0. The summed E-state index contributed by atoms with van der Waals surface area (Å²) in [6, 6.07) is 9.37. The van der Waals surface area contributed by atoms with Gasteiger partial charge in [-0.2, -0.15) is 0 Å². The van der Waals surface area contributed by atoms with Crippen LogP contribution in [0.2, 0.25) is 0 Å². The molecule has 0 spiro atoms. The molecule has 1 aliphatic heterocycles. The van der Waals surface area contributed by atoms with Crippen LogP contribution in [0, 0.1) is 0 Å². The summed E-state index contributed by atoms with van der Waals surface area (Å²) in [4.78, 5) is 41.8. The fourth-order valence-electron chi connectivity index (χ4n) is 3.47. The predicted molar refractivity (Wildman–Crippen MR) is 132 cm³/mol. The van der Waals surface area contributed by atoms with Crippen molar-refractivity contribution in [2.45, 2.75) is 32.8 Å². The highest BCUT2D eigenvalue weighted by atomic mass is 32.1. The zero-order chi connectivity index (χ0) is 24.1. The molecule has 3 aromatic rings. The fourth-order valence-corrected chi connectivity index (χ4v) is 4.26. The van der Waals surface area contributed by atoms with E-state index in [1.54, 1.807) is 23.4 Å². The average molecular weight is 481 g/mol. The monoisotopic (exact) mass is 480 g/mol. The zero-order valence-corrected chi connectivity index (χ0v) is 20.3. The zero-order valence-electron chi connectivity index (χ0n) is 19.5. The fraction of sp³-hybridized carbons (Fsp3) is 0.375. The van der Waals surface area contributed by atoms with E-state index in [0.717, 1.165) is 16.4 Å². The third-order valence-electron chi connectivity index (χ3n) is 5.09. The average Bonchev–Trinajstić information content (AvgIpc) is 3.27. The lowest BCUT2D eigenvalue weighted by atomic mass is 10.2. The molecule has 0 saturated carbocycles. The number of amides is 2. The first-order valence-electron chi connectivity index (χ1n) is 11.1. The molecule has 10 heteroatoms. The van der Waals surface area contributed by atoms with Gasteiger partial charge in [-0.15, -0.1) is 11.3 Å². The number of rotatable bonds is 5. The SMILES string of the molecule is CC(C)(C)OC(=O)N1CCN(c2ccc(NC(=O)Cc3csc(-c4ccccn4)n3)nc2)CC1. The number of piperazine rings is 1. The number of anilines is 2. The Morgan fingerprint density at radius 3 is 2.53 bits per heavy atom. The maximum Gasteiger partial charge on any atom is 0.410 e. The van der Waals surface area contributed by atoms with Crippen molar-refractivity contribution in [3.05, 3.63) is 53.8 Å². The highest BCUT2D eigenvalue weighted by Crippen LogP contribution is 2.22. The van der Waals surface area contributed by atoms with Gasteiger partial charge in [-0.1, -0.05) is 6.07 Å². The first kappa shape index (κ1) is 23.6. The molecule has 4 heterocycles. The van der Waals surface area contributed by atoms with E-state index < -0.39 is 5.60 Å². The number of hydrogen-bond acceptors (Lipinski definition) is 8. The number of thiazole rings is 1. The Balaban J connectivity index is 1.27. The lowest BCUT2D eigenvalue weighted by molar-refractivity contribution is -0.115. The van der Waals surface area contributed by atoms with Gasteiger partial charge >= 0.3 is 6.09 Å². The summed E-state index contributed by atoms with van der Waals surface area (Å²) in [5, 5.41) is 5.49. The number of aromatic nitrogens is 3. The molecule has 3 aromatic heterocycles. The van der Waals surface area contributed by atoms with Crippen LogP contribution in [-0.2, 0) is 16.0 Å². The third-order valence-corrected chi connectivity index (χ3v) is 6.00. The normalized spacial score (nSPS) is 14.1. The van der Waals surface area contributed by atoms with Crippen LogP contribution in [0.1, 0.15) is 26.5 Å². The number of nitrogens with zero attached hydrogens (tertiary/aromatic N) is 5. The van der Waals surface area contributed by atoms with Crippen molar-refractivity contribution in [3.8, 4) is 10.7 Å². The molecule has 0 aliphatic carbocycles. The molecule has 0 unspecified atom stereocenters. The van der Waals surface area contributed by atoms with Crippen molar-refractivity contribution in [1.29, 1.82) is 0 Å². The standard InChI is InChI=1S/C24H28N6O3S/c1-24(2,3)33-23(32)30-12-10-29(11-13-30)18-7-8-20(26-15-18)28-21(31)14-17-16-34-22(27-17)19-6-4-5-9-25-19/h4-9,15-16H,10-14H2,1-3H3,(H,26,28,31). The van der Waals surface area contributed by atoms with Crippen LogP contribution in [0.5, 0.6) is 0 Å². The molecule has 1 aliphatic rings. The van der Waals surface area contributed by atoms with E-state index in [-0.39, 0.29) is 18.4 Å². The third kappa shape index (κ3) is 6.28. The molecule has 1 fully saturated rings. The van der Waals surface area contributed by atoms with Gasteiger partial charge < -0.3 is 19.9 Å². The Labute approximate surface area is 202 Å². The van der Waals surface area contributed by atoms with E-state index in [4.69, 9.17) is 4.74 Å². The van der Waals surface area contributed by atoms with Crippen LogP contribution < -0.4 is 10.2 Å². The van der Waals surface area contributed by atoms with Gasteiger partial charge in [-0.05, 0) is 45.0 Å². The second kappa shape index (κ2) is 10.2. The summed E-state index contributed by atoms with van der Waals surface area (Å²) < 4.78 is 5.45. The van der Waals surface area contributed by atoms with Crippen molar-refractivity contribution in [3.63, 3.8) is 0 Å². The molecular weight excluding hydrogens is 452 g/mol. The van der Waals surface area contributed by atoms with E-state index in [0.29, 0.717) is 37.7 Å². The molecule has 1 saturated heterocycles. The minimum absolute atomic E-state index is 0.166. The number of pyridine rings is 2. The molecule has 9 nitrogen and oxygen atoms in total. The largest absolute Gasteiger partial charge is 0.444 e. The summed E-state index contributed by atoms with van der Waals surface area (Å²) in [5.74, 6) is 0.311. The lowest BCUT2D eigenvalue weighted by Crippen LogP contribution is -2.50. The quantitative estimate of drug-likeness (QED) is 0.592. The topological polar surface area (TPSA) is 101 Å². The van der Waals surface area contributed by atoms with Crippen molar-refractivity contribution < 1.29 is 14.3 Å². The van der Waals surface area contributed by atoms with Gasteiger partial charge in [0.15, 0.2) is 0 Å². The number of ether oxygens (including phenoxy) is 1.